The third-order valence-corrected chi connectivity index (χ3v) is 2.41. The minimum atomic E-state index is -0.830. The SMILES string of the molecule is CCCNCC(C)(O)Cc1cccc(F)c1. The van der Waals surface area contributed by atoms with Gasteiger partial charge in [-0.3, -0.25) is 0 Å². The molecular formula is C13H20FNO. The van der Waals surface area contributed by atoms with E-state index in [0.29, 0.717) is 13.0 Å². The van der Waals surface area contributed by atoms with Gasteiger partial charge < -0.3 is 10.4 Å². The second-order valence-electron chi connectivity index (χ2n) is 4.48. The number of halogens is 1. The molecule has 0 aliphatic carbocycles. The second kappa shape index (κ2) is 5.97. The number of hydrogen-bond donors (Lipinski definition) is 2. The average Bonchev–Trinajstić information content (AvgIpc) is 2.17. The lowest BCUT2D eigenvalue weighted by Gasteiger charge is -2.23. The van der Waals surface area contributed by atoms with Crippen LogP contribution in [-0.4, -0.2) is 23.8 Å². The van der Waals surface area contributed by atoms with E-state index in [1.807, 2.05) is 6.07 Å². The molecule has 0 aliphatic heterocycles. The monoisotopic (exact) mass is 225 g/mol. The maximum Gasteiger partial charge on any atom is 0.123 e. The van der Waals surface area contributed by atoms with Crippen molar-refractivity contribution in [1.82, 2.24) is 5.32 Å². The highest BCUT2D eigenvalue weighted by molar-refractivity contribution is 5.18. The van der Waals surface area contributed by atoms with Crippen LogP contribution in [-0.2, 0) is 6.42 Å². The first-order valence-corrected chi connectivity index (χ1v) is 5.71. The molecule has 0 saturated carbocycles. The summed E-state index contributed by atoms with van der Waals surface area (Å²) in [5.74, 6) is -0.255. The summed E-state index contributed by atoms with van der Waals surface area (Å²) < 4.78 is 13.0. The zero-order valence-electron chi connectivity index (χ0n) is 9.96. The molecule has 2 nitrogen and oxygen atoms in total. The van der Waals surface area contributed by atoms with Gasteiger partial charge in [0.15, 0.2) is 0 Å². The summed E-state index contributed by atoms with van der Waals surface area (Å²) in [6.07, 6.45) is 1.50. The van der Waals surface area contributed by atoms with Gasteiger partial charge >= 0.3 is 0 Å². The van der Waals surface area contributed by atoms with Crippen molar-refractivity contribution in [2.75, 3.05) is 13.1 Å². The molecule has 0 heterocycles. The van der Waals surface area contributed by atoms with Crippen LogP contribution in [0, 0.1) is 5.82 Å². The first-order chi connectivity index (χ1) is 7.53. The lowest BCUT2D eigenvalue weighted by atomic mass is 9.96. The van der Waals surface area contributed by atoms with Crippen LogP contribution in [0.1, 0.15) is 25.8 Å². The van der Waals surface area contributed by atoms with Crippen LogP contribution in [0.2, 0.25) is 0 Å². The fourth-order valence-corrected chi connectivity index (χ4v) is 1.68. The van der Waals surface area contributed by atoms with E-state index in [0.717, 1.165) is 18.5 Å². The summed E-state index contributed by atoms with van der Waals surface area (Å²) in [4.78, 5) is 0. The summed E-state index contributed by atoms with van der Waals surface area (Å²) in [7, 11) is 0. The molecule has 16 heavy (non-hydrogen) atoms. The highest BCUT2D eigenvalue weighted by atomic mass is 19.1. The van der Waals surface area contributed by atoms with Crippen molar-refractivity contribution < 1.29 is 9.50 Å². The minimum Gasteiger partial charge on any atom is -0.389 e. The van der Waals surface area contributed by atoms with E-state index >= 15 is 0 Å². The molecular weight excluding hydrogens is 205 g/mol. The first-order valence-electron chi connectivity index (χ1n) is 5.71. The number of benzene rings is 1. The number of aliphatic hydroxyl groups is 1. The van der Waals surface area contributed by atoms with E-state index < -0.39 is 5.60 Å². The average molecular weight is 225 g/mol. The molecule has 1 rings (SSSR count). The van der Waals surface area contributed by atoms with Gasteiger partial charge in [-0.15, -0.1) is 0 Å². The van der Waals surface area contributed by atoms with Gasteiger partial charge in [0.1, 0.15) is 5.82 Å². The van der Waals surface area contributed by atoms with Crippen LogP contribution in [0.4, 0.5) is 4.39 Å². The molecule has 1 unspecified atom stereocenters. The fraction of sp³-hybridized carbons (Fsp3) is 0.538. The van der Waals surface area contributed by atoms with Crippen molar-refractivity contribution in [3.05, 3.63) is 35.6 Å². The predicted octanol–water partition coefficient (Wildman–Crippen LogP) is 2.12. The molecule has 0 fully saturated rings. The van der Waals surface area contributed by atoms with Crippen molar-refractivity contribution in [3.63, 3.8) is 0 Å². The predicted molar refractivity (Wildman–Crippen MR) is 63.9 cm³/mol. The van der Waals surface area contributed by atoms with E-state index in [9.17, 15) is 9.50 Å². The van der Waals surface area contributed by atoms with Crippen molar-refractivity contribution in [2.24, 2.45) is 0 Å². The van der Waals surface area contributed by atoms with Crippen molar-refractivity contribution in [2.45, 2.75) is 32.3 Å². The Bertz CT molecular complexity index is 325. The van der Waals surface area contributed by atoms with Gasteiger partial charge in [-0.2, -0.15) is 0 Å². The molecule has 0 radical (unpaired) electrons. The Hall–Kier alpha value is -0.930. The van der Waals surface area contributed by atoms with Gasteiger partial charge in [0.05, 0.1) is 5.60 Å². The van der Waals surface area contributed by atoms with Gasteiger partial charge in [0.25, 0.3) is 0 Å². The van der Waals surface area contributed by atoms with Crippen LogP contribution >= 0.6 is 0 Å². The van der Waals surface area contributed by atoms with Crippen LogP contribution in [0.5, 0.6) is 0 Å². The van der Waals surface area contributed by atoms with Gasteiger partial charge in [0, 0.05) is 13.0 Å². The highest BCUT2D eigenvalue weighted by Gasteiger charge is 2.20. The maximum atomic E-state index is 13.0. The lowest BCUT2D eigenvalue weighted by molar-refractivity contribution is 0.0603. The molecule has 2 N–H and O–H groups in total. The molecule has 1 aromatic carbocycles. The maximum absolute atomic E-state index is 13.0. The van der Waals surface area contributed by atoms with Gasteiger partial charge in [-0.1, -0.05) is 19.1 Å². The quantitative estimate of drug-likeness (QED) is 0.727. The van der Waals surface area contributed by atoms with Crippen molar-refractivity contribution >= 4 is 0 Å². The van der Waals surface area contributed by atoms with E-state index in [-0.39, 0.29) is 5.82 Å². The van der Waals surface area contributed by atoms with E-state index in [4.69, 9.17) is 0 Å². The second-order valence-corrected chi connectivity index (χ2v) is 4.48. The minimum absolute atomic E-state index is 0.255. The Morgan fingerprint density at radius 1 is 1.44 bits per heavy atom. The standard InChI is InChI=1S/C13H20FNO/c1-3-7-15-10-13(2,16)9-11-5-4-6-12(14)8-11/h4-6,8,15-16H,3,7,9-10H2,1-2H3. The molecule has 0 bridgehead atoms. The summed E-state index contributed by atoms with van der Waals surface area (Å²) in [6, 6.07) is 6.37. The third-order valence-electron chi connectivity index (χ3n) is 2.41. The molecule has 1 aromatic rings. The number of hydrogen-bond acceptors (Lipinski definition) is 2. The van der Waals surface area contributed by atoms with Gasteiger partial charge in [-0.05, 0) is 37.6 Å². The zero-order chi connectivity index (χ0) is 12.0. The summed E-state index contributed by atoms with van der Waals surface area (Å²) >= 11 is 0. The smallest absolute Gasteiger partial charge is 0.123 e. The fourth-order valence-electron chi connectivity index (χ4n) is 1.68. The number of rotatable bonds is 6. The molecule has 90 valence electrons. The Morgan fingerprint density at radius 2 is 2.19 bits per heavy atom. The molecule has 0 saturated heterocycles. The van der Waals surface area contributed by atoms with Gasteiger partial charge in [0.2, 0.25) is 0 Å². The van der Waals surface area contributed by atoms with Crippen molar-refractivity contribution in [1.29, 1.82) is 0 Å². The molecule has 0 amide bonds. The van der Waals surface area contributed by atoms with Crippen LogP contribution in [0.3, 0.4) is 0 Å². The topological polar surface area (TPSA) is 32.3 Å². The Balaban J connectivity index is 2.51. The molecule has 0 spiro atoms. The zero-order valence-corrected chi connectivity index (χ0v) is 9.96. The van der Waals surface area contributed by atoms with Crippen LogP contribution < -0.4 is 5.32 Å². The summed E-state index contributed by atoms with van der Waals surface area (Å²) in [5, 5.41) is 13.3. The Kier molecular flexibility index (Phi) is 4.90. The number of nitrogens with one attached hydrogen (secondary N) is 1. The largest absolute Gasteiger partial charge is 0.389 e. The van der Waals surface area contributed by atoms with Crippen molar-refractivity contribution in [3.8, 4) is 0 Å². The normalized spacial score (nSPS) is 14.8. The van der Waals surface area contributed by atoms with Crippen LogP contribution in [0.25, 0.3) is 0 Å². The molecule has 0 aliphatic rings. The summed E-state index contributed by atoms with van der Waals surface area (Å²) in [6.45, 7) is 5.26. The van der Waals surface area contributed by atoms with E-state index in [2.05, 4.69) is 12.2 Å². The lowest BCUT2D eigenvalue weighted by Crippen LogP contribution is -2.40. The molecule has 0 aromatic heterocycles. The first kappa shape index (κ1) is 13.1. The Morgan fingerprint density at radius 3 is 2.81 bits per heavy atom. The van der Waals surface area contributed by atoms with E-state index in [1.54, 1.807) is 13.0 Å². The third kappa shape index (κ3) is 4.73. The Labute approximate surface area is 96.5 Å². The van der Waals surface area contributed by atoms with Gasteiger partial charge in [-0.25, -0.2) is 4.39 Å². The highest BCUT2D eigenvalue weighted by Crippen LogP contribution is 2.13. The van der Waals surface area contributed by atoms with Crippen LogP contribution in [0.15, 0.2) is 24.3 Å². The van der Waals surface area contributed by atoms with E-state index in [1.165, 1.54) is 12.1 Å². The summed E-state index contributed by atoms with van der Waals surface area (Å²) in [5.41, 5.74) is -0.00789. The molecule has 3 heteroatoms. The molecule has 1 atom stereocenters.